The Morgan fingerprint density at radius 2 is 2.25 bits per heavy atom. The zero-order valence-electron chi connectivity index (χ0n) is 6.56. The first-order valence-electron chi connectivity index (χ1n) is 3.46. The van der Waals surface area contributed by atoms with Gasteiger partial charge in [0.2, 0.25) is 0 Å². The lowest BCUT2D eigenvalue weighted by Crippen LogP contribution is -2.08. The summed E-state index contributed by atoms with van der Waals surface area (Å²) in [7, 11) is 0. The van der Waals surface area contributed by atoms with Crippen molar-refractivity contribution in [1.82, 2.24) is 5.48 Å². The van der Waals surface area contributed by atoms with Crippen LogP contribution in [0.25, 0.3) is 0 Å². The van der Waals surface area contributed by atoms with Crippen molar-refractivity contribution in [3.8, 4) is 0 Å². The van der Waals surface area contributed by atoms with Crippen molar-refractivity contribution >= 4 is 11.6 Å². The summed E-state index contributed by atoms with van der Waals surface area (Å²) in [6, 6.07) is 2.84. The van der Waals surface area contributed by atoms with E-state index in [0.717, 1.165) is 0 Å². The van der Waals surface area contributed by atoms with Crippen LogP contribution in [0.3, 0.4) is 0 Å². The van der Waals surface area contributed by atoms with Crippen LogP contribution < -0.4 is 5.48 Å². The fourth-order valence-corrected chi connectivity index (χ4v) is 1.09. The highest BCUT2D eigenvalue weighted by atomic mass is 35.5. The highest BCUT2D eigenvalue weighted by Gasteiger charge is 2.04. The molecule has 0 amide bonds. The number of aryl methyl sites for hydroxylation is 1. The second-order valence-electron chi connectivity index (χ2n) is 2.53. The second kappa shape index (κ2) is 3.85. The van der Waals surface area contributed by atoms with E-state index in [2.05, 4.69) is 0 Å². The van der Waals surface area contributed by atoms with E-state index >= 15 is 0 Å². The Morgan fingerprint density at radius 3 is 2.83 bits per heavy atom. The fourth-order valence-electron chi connectivity index (χ4n) is 0.908. The van der Waals surface area contributed by atoms with Gasteiger partial charge in [-0.1, -0.05) is 11.6 Å². The molecule has 0 saturated carbocycles. The molecule has 0 aliphatic carbocycles. The molecule has 4 heteroatoms. The molecule has 0 aromatic heterocycles. The number of rotatable bonds is 2. The van der Waals surface area contributed by atoms with Crippen LogP contribution in [0.2, 0.25) is 5.02 Å². The predicted octanol–water partition coefficient (Wildman–Crippen LogP) is 2.27. The van der Waals surface area contributed by atoms with Crippen LogP contribution in [0, 0.1) is 12.7 Å². The predicted molar refractivity (Wildman–Crippen MR) is 44.8 cm³/mol. The molecule has 0 aliphatic heterocycles. The number of benzene rings is 1. The van der Waals surface area contributed by atoms with E-state index in [1.807, 2.05) is 5.48 Å². The van der Waals surface area contributed by atoms with Crippen molar-refractivity contribution in [2.24, 2.45) is 0 Å². The maximum absolute atomic E-state index is 13.0. The van der Waals surface area contributed by atoms with Crippen LogP contribution in [0.1, 0.15) is 11.1 Å². The molecule has 0 saturated heterocycles. The lowest BCUT2D eigenvalue weighted by Gasteiger charge is -2.04. The summed E-state index contributed by atoms with van der Waals surface area (Å²) in [6.07, 6.45) is 0. The summed E-state index contributed by atoms with van der Waals surface area (Å²) < 4.78 is 13.0. The first-order valence-corrected chi connectivity index (χ1v) is 3.84. The molecule has 0 bridgehead atoms. The van der Waals surface area contributed by atoms with Crippen LogP contribution in [-0.2, 0) is 6.54 Å². The number of halogens is 2. The third-order valence-electron chi connectivity index (χ3n) is 1.60. The van der Waals surface area contributed by atoms with Crippen LogP contribution in [0.4, 0.5) is 4.39 Å². The molecule has 12 heavy (non-hydrogen) atoms. The van der Waals surface area contributed by atoms with E-state index in [1.165, 1.54) is 12.1 Å². The summed E-state index contributed by atoms with van der Waals surface area (Å²) in [6.45, 7) is 1.79. The van der Waals surface area contributed by atoms with Gasteiger partial charge in [-0.15, -0.1) is 0 Å². The molecular weight excluding hydrogens is 181 g/mol. The molecule has 0 fully saturated rings. The average molecular weight is 190 g/mol. The lowest BCUT2D eigenvalue weighted by atomic mass is 10.1. The van der Waals surface area contributed by atoms with Crippen molar-refractivity contribution < 1.29 is 9.60 Å². The maximum Gasteiger partial charge on any atom is 0.128 e. The van der Waals surface area contributed by atoms with Gasteiger partial charge in [0.05, 0.1) is 0 Å². The van der Waals surface area contributed by atoms with Crippen molar-refractivity contribution in [2.45, 2.75) is 13.5 Å². The molecule has 2 nitrogen and oxygen atoms in total. The topological polar surface area (TPSA) is 32.3 Å². The van der Waals surface area contributed by atoms with Crippen molar-refractivity contribution in [3.05, 3.63) is 34.1 Å². The largest absolute Gasteiger partial charge is 0.316 e. The molecule has 1 aromatic carbocycles. The molecule has 1 rings (SSSR count). The van der Waals surface area contributed by atoms with Crippen molar-refractivity contribution in [2.75, 3.05) is 0 Å². The van der Waals surface area contributed by atoms with E-state index in [1.54, 1.807) is 6.92 Å². The van der Waals surface area contributed by atoms with Gasteiger partial charge in [0.25, 0.3) is 0 Å². The van der Waals surface area contributed by atoms with Crippen LogP contribution >= 0.6 is 11.6 Å². The molecule has 0 heterocycles. The summed E-state index contributed by atoms with van der Waals surface area (Å²) in [5.41, 5.74) is 2.92. The minimum absolute atomic E-state index is 0.0613. The second-order valence-corrected chi connectivity index (χ2v) is 2.93. The molecule has 66 valence electrons. The summed E-state index contributed by atoms with van der Waals surface area (Å²) in [5, 5.41) is 8.85. The van der Waals surface area contributed by atoms with Gasteiger partial charge in [0.1, 0.15) is 5.82 Å². The number of hydrogen-bond acceptors (Lipinski definition) is 2. The fraction of sp³-hybridized carbons (Fsp3) is 0.250. The Hall–Kier alpha value is -0.640. The maximum atomic E-state index is 13.0. The van der Waals surface area contributed by atoms with E-state index in [-0.39, 0.29) is 12.4 Å². The van der Waals surface area contributed by atoms with Crippen LogP contribution in [0.5, 0.6) is 0 Å². The van der Waals surface area contributed by atoms with Gasteiger partial charge >= 0.3 is 0 Å². The van der Waals surface area contributed by atoms with Gasteiger partial charge in [-0.2, -0.15) is 0 Å². The van der Waals surface area contributed by atoms with E-state index in [9.17, 15) is 4.39 Å². The molecule has 0 radical (unpaired) electrons. The average Bonchev–Trinajstić information content (AvgIpc) is 2.01. The van der Waals surface area contributed by atoms with Gasteiger partial charge in [-0.05, 0) is 24.6 Å². The lowest BCUT2D eigenvalue weighted by molar-refractivity contribution is 0.160. The molecular formula is C8H9ClFNO. The third-order valence-corrected chi connectivity index (χ3v) is 2.00. The van der Waals surface area contributed by atoms with E-state index in [4.69, 9.17) is 16.8 Å². The smallest absolute Gasteiger partial charge is 0.128 e. The zero-order chi connectivity index (χ0) is 9.14. The van der Waals surface area contributed by atoms with Crippen molar-refractivity contribution in [3.63, 3.8) is 0 Å². The normalized spacial score (nSPS) is 10.3. The highest BCUT2D eigenvalue weighted by Crippen LogP contribution is 2.19. The van der Waals surface area contributed by atoms with Crippen molar-refractivity contribution in [1.29, 1.82) is 0 Å². The third kappa shape index (κ3) is 1.94. The molecule has 1 aromatic rings. The minimum atomic E-state index is -0.363. The van der Waals surface area contributed by atoms with Crippen LogP contribution in [0.15, 0.2) is 12.1 Å². The monoisotopic (exact) mass is 189 g/mol. The molecule has 2 N–H and O–H groups in total. The molecule has 0 spiro atoms. The highest BCUT2D eigenvalue weighted by molar-refractivity contribution is 6.31. The van der Waals surface area contributed by atoms with E-state index < -0.39 is 0 Å². The van der Waals surface area contributed by atoms with Gasteiger partial charge in [-0.25, -0.2) is 9.87 Å². The van der Waals surface area contributed by atoms with Gasteiger partial charge in [-0.3, -0.25) is 0 Å². The Morgan fingerprint density at radius 1 is 1.58 bits per heavy atom. The summed E-state index contributed by atoms with van der Waals surface area (Å²) in [5.74, 6) is -0.363. The molecule has 0 aliphatic rings. The van der Waals surface area contributed by atoms with Gasteiger partial charge in [0.15, 0.2) is 0 Å². The number of hydrogen-bond donors (Lipinski definition) is 2. The van der Waals surface area contributed by atoms with Crippen LogP contribution in [-0.4, -0.2) is 5.21 Å². The standard InChI is InChI=1S/C8H9ClFNO/c1-5-2-8(10)6(4-11-12)3-7(5)9/h2-3,11-12H,4H2,1H3. The van der Waals surface area contributed by atoms with Gasteiger partial charge in [0, 0.05) is 17.1 Å². The Kier molecular flexibility index (Phi) is 3.03. The Bertz CT molecular complexity index is 291. The quantitative estimate of drug-likeness (QED) is 0.700. The minimum Gasteiger partial charge on any atom is -0.316 e. The number of nitrogens with one attached hydrogen (secondary N) is 1. The summed E-state index contributed by atoms with van der Waals surface area (Å²) in [4.78, 5) is 0. The first-order chi connectivity index (χ1) is 5.65. The van der Waals surface area contributed by atoms with Gasteiger partial charge < -0.3 is 5.21 Å². The molecule has 0 unspecified atom stereocenters. The SMILES string of the molecule is Cc1cc(F)c(CNO)cc1Cl. The number of hydroxylamine groups is 1. The summed E-state index contributed by atoms with van der Waals surface area (Å²) >= 11 is 5.75. The Balaban J connectivity index is 3.05. The first kappa shape index (κ1) is 9.45. The van der Waals surface area contributed by atoms with E-state index in [0.29, 0.717) is 16.1 Å². The zero-order valence-corrected chi connectivity index (χ0v) is 7.32. The Labute approximate surface area is 74.9 Å². The molecule has 0 atom stereocenters.